The van der Waals surface area contributed by atoms with Gasteiger partial charge >= 0.3 is 37.9 Å². The fourth-order valence-corrected chi connectivity index (χ4v) is 3.08. The first-order valence-electron chi connectivity index (χ1n) is 5.73. The average Bonchev–Trinajstić information content (AvgIpc) is 3.01. The smallest absolute Gasteiger partial charge is 0.172 e. The maximum Gasteiger partial charge on any atom is -0.172 e. The predicted molar refractivity (Wildman–Crippen MR) is 93.4 cm³/mol. The number of fused-ring (bicyclic) bond motifs is 1. The second-order valence-corrected chi connectivity index (χ2v) is 9.46. The van der Waals surface area contributed by atoms with Gasteiger partial charge in [0.15, 0.2) is 0 Å². The quantitative estimate of drug-likeness (QED) is 0.279. The van der Waals surface area contributed by atoms with E-state index < -0.39 is 20.8 Å². The van der Waals surface area contributed by atoms with Crippen LogP contribution in [0, 0.1) is 6.92 Å². The molecule has 0 saturated heterocycles. The normalized spacial score (nSPS) is 9.05. The molecule has 0 N–H and O–H groups in total. The van der Waals surface area contributed by atoms with Crippen LogP contribution in [0.4, 0.5) is 0 Å². The maximum absolute atomic E-state index is 4.93. The van der Waals surface area contributed by atoms with Crippen molar-refractivity contribution in [3.05, 3.63) is 69.1 Å². The molecule has 0 bridgehead atoms. The van der Waals surface area contributed by atoms with Crippen LogP contribution in [0.1, 0.15) is 5.56 Å². The number of rotatable bonds is 0. The molecule has 5 heteroatoms. The first kappa shape index (κ1) is 18.7. The number of hydrogen-bond donors (Lipinski definition) is 0. The van der Waals surface area contributed by atoms with Crippen LogP contribution in [0.15, 0.2) is 63.5 Å². The molecule has 0 saturated carbocycles. The summed E-state index contributed by atoms with van der Waals surface area (Å²) in [6.45, 7) is 2.11. The van der Waals surface area contributed by atoms with Crippen LogP contribution >= 0.6 is 48.9 Å². The topological polar surface area (TPSA) is 0 Å². The Balaban J connectivity index is 0.000000208. The summed E-state index contributed by atoms with van der Waals surface area (Å²) in [4.78, 5) is 0. The summed E-state index contributed by atoms with van der Waals surface area (Å²) in [6, 6.07) is 18.6. The van der Waals surface area contributed by atoms with E-state index in [0.717, 1.165) is 8.95 Å². The predicted octanol–water partition coefficient (Wildman–Crippen LogP) is 7.17. The van der Waals surface area contributed by atoms with Gasteiger partial charge < -0.3 is 0 Å². The zero-order valence-electron chi connectivity index (χ0n) is 10.7. The SMILES string of the molecule is Cc1cc2c(Br)cc(Br)cc2[cH-]1.[Cl][Zr+2][Cl].c1cc[cH-]c1. The van der Waals surface area contributed by atoms with E-state index >= 15 is 0 Å². The molecule has 0 radical (unpaired) electrons. The number of halogens is 4. The first-order chi connectivity index (χ1) is 9.58. The van der Waals surface area contributed by atoms with E-state index in [4.69, 9.17) is 17.0 Å². The Labute approximate surface area is 155 Å². The molecule has 3 aromatic carbocycles. The van der Waals surface area contributed by atoms with Gasteiger partial charge in [-0.05, 0) is 8.95 Å². The molecule has 20 heavy (non-hydrogen) atoms. The summed E-state index contributed by atoms with van der Waals surface area (Å²) in [5.41, 5.74) is 1.31. The third-order valence-electron chi connectivity index (χ3n) is 2.44. The van der Waals surface area contributed by atoms with Gasteiger partial charge in [0.1, 0.15) is 0 Å². The molecule has 0 aliphatic rings. The molecule has 0 aromatic heterocycles. The van der Waals surface area contributed by atoms with Gasteiger partial charge in [-0.2, -0.15) is 24.3 Å². The summed E-state index contributed by atoms with van der Waals surface area (Å²) in [5.74, 6) is 0. The van der Waals surface area contributed by atoms with Gasteiger partial charge in [0.25, 0.3) is 0 Å². The fourth-order valence-electron chi connectivity index (χ4n) is 1.71. The molecule has 0 unspecified atom stereocenters. The minimum absolute atomic E-state index is 0.826. The van der Waals surface area contributed by atoms with Crippen LogP contribution in [0.5, 0.6) is 0 Å². The van der Waals surface area contributed by atoms with E-state index in [-0.39, 0.29) is 0 Å². The molecule has 0 nitrogen and oxygen atoms in total. The summed E-state index contributed by atoms with van der Waals surface area (Å²) in [5, 5.41) is 2.57. The Hall–Kier alpha value is 0.603. The third kappa shape index (κ3) is 6.58. The number of aryl methyl sites for hydroxylation is 1. The second-order valence-electron chi connectivity index (χ2n) is 3.96. The summed E-state index contributed by atoms with van der Waals surface area (Å²) in [6.07, 6.45) is 0. The zero-order valence-corrected chi connectivity index (χ0v) is 17.8. The Kier molecular flexibility index (Phi) is 9.65. The van der Waals surface area contributed by atoms with E-state index in [1.807, 2.05) is 30.3 Å². The van der Waals surface area contributed by atoms with Crippen LogP contribution in [0.25, 0.3) is 10.8 Å². The summed E-state index contributed by atoms with van der Waals surface area (Å²) < 4.78 is 2.27. The molecular weight excluding hydrogens is 502 g/mol. The fraction of sp³-hybridized carbons (Fsp3) is 0.0667. The van der Waals surface area contributed by atoms with E-state index in [1.54, 1.807) is 0 Å². The van der Waals surface area contributed by atoms with Crippen molar-refractivity contribution < 1.29 is 20.8 Å². The molecule has 0 amide bonds. The van der Waals surface area contributed by atoms with E-state index in [2.05, 4.69) is 63.0 Å². The van der Waals surface area contributed by atoms with Crippen molar-refractivity contribution in [2.75, 3.05) is 0 Å². The molecule has 0 atom stereocenters. The Morgan fingerprint density at radius 1 is 1.05 bits per heavy atom. The average molecular weight is 514 g/mol. The van der Waals surface area contributed by atoms with Crippen molar-refractivity contribution in [3.63, 3.8) is 0 Å². The van der Waals surface area contributed by atoms with Crippen molar-refractivity contribution in [3.8, 4) is 0 Å². The van der Waals surface area contributed by atoms with E-state index in [9.17, 15) is 0 Å². The maximum atomic E-state index is 4.93. The van der Waals surface area contributed by atoms with Gasteiger partial charge in [0.05, 0.1) is 0 Å². The minimum atomic E-state index is -0.826. The van der Waals surface area contributed by atoms with Gasteiger partial charge in [0, 0.05) is 0 Å². The number of hydrogen-bond acceptors (Lipinski definition) is 0. The Morgan fingerprint density at radius 2 is 1.65 bits per heavy atom. The van der Waals surface area contributed by atoms with Crippen molar-refractivity contribution in [2.24, 2.45) is 0 Å². The first-order valence-corrected chi connectivity index (χ1v) is 13.6. The number of benzene rings is 1. The molecule has 104 valence electrons. The largest absolute Gasteiger partial charge is 0.214 e. The van der Waals surface area contributed by atoms with Gasteiger partial charge in [-0.25, -0.2) is 12.1 Å². The molecule has 0 fully saturated rings. The molecular formula is C15H12Br2Cl2Zr. The van der Waals surface area contributed by atoms with Crippen molar-refractivity contribution in [2.45, 2.75) is 6.92 Å². The van der Waals surface area contributed by atoms with Crippen LogP contribution in [-0.2, 0) is 20.8 Å². The molecule has 0 spiro atoms. The van der Waals surface area contributed by atoms with Gasteiger partial charge in [0.2, 0.25) is 0 Å². The van der Waals surface area contributed by atoms with Crippen LogP contribution < -0.4 is 0 Å². The molecule has 3 aromatic rings. The van der Waals surface area contributed by atoms with E-state index in [0.29, 0.717) is 0 Å². The molecule has 0 heterocycles. The molecule has 0 aliphatic carbocycles. The standard InChI is InChI=1S/C10H7Br2.C5H5.2ClH.Zr/c1-6-2-7-4-8(11)5-10(12)9(7)3-6;1-2-4-5-3-1;;;/h2-5H,1H3;1-5H;2*1H;/q2*-1;;;+4/p-2. The van der Waals surface area contributed by atoms with Crippen LogP contribution in [0.2, 0.25) is 0 Å². The summed E-state index contributed by atoms with van der Waals surface area (Å²) in [7, 11) is 9.87. The van der Waals surface area contributed by atoms with Gasteiger partial charge in [-0.3, -0.25) is 0 Å². The Bertz CT molecular complexity index is 601. The molecule has 0 aliphatic heterocycles. The van der Waals surface area contributed by atoms with Gasteiger partial charge in [-0.15, -0.1) is 28.5 Å². The zero-order chi connectivity index (χ0) is 15.0. The monoisotopic (exact) mass is 510 g/mol. The Morgan fingerprint density at radius 3 is 2.15 bits per heavy atom. The molecule has 3 rings (SSSR count). The van der Waals surface area contributed by atoms with Crippen molar-refractivity contribution in [1.82, 2.24) is 0 Å². The van der Waals surface area contributed by atoms with E-state index in [1.165, 1.54) is 16.3 Å². The van der Waals surface area contributed by atoms with Gasteiger partial charge in [-0.1, -0.05) is 44.8 Å². The van der Waals surface area contributed by atoms with Crippen molar-refractivity contribution >= 4 is 59.7 Å². The second kappa shape index (κ2) is 10.3. The van der Waals surface area contributed by atoms with Crippen LogP contribution in [-0.4, -0.2) is 0 Å². The van der Waals surface area contributed by atoms with Crippen LogP contribution in [0.3, 0.4) is 0 Å². The summed E-state index contributed by atoms with van der Waals surface area (Å²) >= 11 is 6.17. The third-order valence-corrected chi connectivity index (χ3v) is 3.55. The minimum Gasteiger partial charge on any atom is -0.214 e. The van der Waals surface area contributed by atoms with Crippen molar-refractivity contribution in [1.29, 1.82) is 0 Å².